The van der Waals surface area contributed by atoms with E-state index in [9.17, 15) is 0 Å². The van der Waals surface area contributed by atoms with Crippen molar-refractivity contribution < 1.29 is 0 Å². The molecule has 2 aromatic rings. The number of thioether (sulfide) groups is 1. The molecule has 0 saturated carbocycles. The summed E-state index contributed by atoms with van der Waals surface area (Å²) in [6.07, 6.45) is 1.86. The molecule has 0 unspecified atom stereocenters. The van der Waals surface area contributed by atoms with Crippen LogP contribution in [0.3, 0.4) is 0 Å². The highest BCUT2D eigenvalue weighted by Crippen LogP contribution is 2.30. The minimum absolute atomic E-state index is 0.713. The molecule has 1 aliphatic rings. The normalized spacial score (nSPS) is 13.7. The Balaban J connectivity index is 2.18. The molecule has 92 valence electrons. The van der Waals surface area contributed by atoms with Crippen LogP contribution < -0.4 is 0 Å². The Labute approximate surface area is 115 Å². The second-order valence-electron chi connectivity index (χ2n) is 4.52. The molecule has 0 bridgehead atoms. The number of fused-ring (bicyclic) bond motifs is 1. The van der Waals surface area contributed by atoms with Crippen LogP contribution in [0.2, 0.25) is 0 Å². The quantitative estimate of drug-likeness (QED) is 0.808. The van der Waals surface area contributed by atoms with Gasteiger partial charge in [0.2, 0.25) is 0 Å². The van der Waals surface area contributed by atoms with Gasteiger partial charge in [-0.25, -0.2) is 4.98 Å². The van der Waals surface area contributed by atoms with Crippen LogP contribution in [0.25, 0.3) is 11.5 Å². The highest BCUT2D eigenvalue weighted by Gasteiger charge is 2.16. The number of aryl methyl sites for hydroxylation is 2. The summed E-state index contributed by atoms with van der Waals surface area (Å²) >= 11 is 7.23. The Morgan fingerprint density at radius 1 is 1.33 bits per heavy atom. The summed E-state index contributed by atoms with van der Waals surface area (Å²) in [6.45, 7) is 4.09. The van der Waals surface area contributed by atoms with Gasteiger partial charge in [0.1, 0.15) is 10.3 Å². The van der Waals surface area contributed by atoms with E-state index in [-0.39, 0.29) is 0 Å². The van der Waals surface area contributed by atoms with E-state index in [4.69, 9.17) is 12.2 Å². The van der Waals surface area contributed by atoms with Crippen molar-refractivity contribution in [3.05, 3.63) is 39.3 Å². The number of nitrogens with one attached hydrogen (secondary N) is 1. The van der Waals surface area contributed by atoms with Crippen molar-refractivity contribution in [2.24, 2.45) is 0 Å². The Kier molecular flexibility index (Phi) is 2.95. The third-order valence-electron chi connectivity index (χ3n) is 3.04. The Morgan fingerprint density at radius 2 is 2.17 bits per heavy atom. The second-order valence-corrected chi connectivity index (χ2v) is 5.89. The first-order valence-corrected chi connectivity index (χ1v) is 7.35. The first-order valence-electron chi connectivity index (χ1n) is 5.78. The van der Waals surface area contributed by atoms with Gasteiger partial charge in [-0.2, -0.15) is 11.8 Å². The summed E-state index contributed by atoms with van der Waals surface area (Å²) in [7, 11) is 0. The third-order valence-corrected chi connectivity index (χ3v) is 4.36. The smallest absolute Gasteiger partial charge is 0.158 e. The van der Waals surface area contributed by atoms with Crippen molar-refractivity contribution in [3.8, 4) is 11.5 Å². The topological polar surface area (TPSA) is 41.6 Å². The van der Waals surface area contributed by atoms with Gasteiger partial charge in [0, 0.05) is 29.0 Å². The molecule has 0 radical (unpaired) electrons. The van der Waals surface area contributed by atoms with Crippen molar-refractivity contribution >= 4 is 24.0 Å². The molecule has 0 aromatic carbocycles. The number of hydrogen-bond acceptors (Lipinski definition) is 4. The predicted molar refractivity (Wildman–Crippen MR) is 77.1 cm³/mol. The summed E-state index contributed by atoms with van der Waals surface area (Å²) in [5, 5.41) is 0. The molecular weight excluding hydrogens is 262 g/mol. The second kappa shape index (κ2) is 4.48. The highest BCUT2D eigenvalue weighted by molar-refractivity contribution is 7.98. The van der Waals surface area contributed by atoms with Crippen LogP contribution >= 0.6 is 24.0 Å². The predicted octanol–water partition coefficient (Wildman–Crippen LogP) is 3.56. The standard InChI is InChI=1S/C13H13N3S2/c1-7-3-8(2)11(14-4-7)12-15-10-6-18-5-9(10)13(17)16-12/h3-4H,5-6H2,1-2H3,(H,15,16,17). The van der Waals surface area contributed by atoms with Gasteiger partial charge in [-0.1, -0.05) is 18.3 Å². The molecule has 1 aliphatic heterocycles. The summed E-state index contributed by atoms with van der Waals surface area (Å²) in [6, 6.07) is 2.11. The average Bonchev–Trinajstić information content (AvgIpc) is 2.77. The number of hydrogen-bond donors (Lipinski definition) is 1. The summed E-state index contributed by atoms with van der Waals surface area (Å²) in [4.78, 5) is 12.3. The van der Waals surface area contributed by atoms with Crippen molar-refractivity contribution in [3.63, 3.8) is 0 Å². The van der Waals surface area contributed by atoms with Crippen LogP contribution in [0, 0.1) is 18.5 Å². The van der Waals surface area contributed by atoms with Gasteiger partial charge >= 0.3 is 0 Å². The molecule has 0 aliphatic carbocycles. The zero-order chi connectivity index (χ0) is 12.7. The Morgan fingerprint density at radius 3 is 2.94 bits per heavy atom. The van der Waals surface area contributed by atoms with Crippen LogP contribution in [0.5, 0.6) is 0 Å². The Hall–Kier alpha value is -1.20. The molecule has 0 atom stereocenters. The van der Waals surface area contributed by atoms with E-state index < -0.39 is 0 Å². The zero-order valence-corrected chi connectivity index (χ0v) is 11.9. The van der Waals surface area contributed by atoms with E-state index in [0.717, 1.165) is 34.2 Å². The van der Waals surface area contributed by atoms with Crippen molar-refractivity contribution in [1.82, 2.24) is 15.0 Å². The van der Waals surface area contributed by atoms with Gasteiger partial charge in [0.25, 0.3) is 0 Å². The lowest BCUT2D eigenvalue weighted by atomic mass is 10.1. The minimum atomic E-state index is 0.713. The number of nitrogens with zero attached hydrogens (tertiary/aromatic N) is 2. The largest absolute Gasteiger partial charge is 0.341 e. The first-order chi connectivity index (χ1) is 8.65. The van der Waals surface area contributed by atoms with Gasteiger partial charge in [0.15, 0.2) is 5.82 Å². The van der Waals surface area contributed by atoms with Crippen molar-refractivity contribution in [2.45, 2.75) is 25.4 Å². The van der Waals surface area contributed by atoms with Gasteiger partial charge in [-0.3, -0.25) is 4.98 Å². The van der Waals surface area contributed by atoms with E-state index in [1.165, 1.54) is 11.3 Å². The van der Waals surface area contributed by atoms with Crippen LogP contribution in [0.4, 0.5) is 0 Å². The maximum Gasteiger partial charge on any atom is 0.158 e. The van der Waals surface area contributed by atoms with E-state index in [1.54, 1.807) is 0 Å². The maximum atomic E-state index is 5.36. The molecule has 18 heavy (non-hydrogen) atoms. The van der Waals surface area contributed by atoms with Crippen LogP contribution in [0.1, 0.15) is 22.4 Å². The number of aromatic amines is 1. The molecule has 3 nitrogen and oxygen atoms in total. The number of aromatic nitrogens is 3. The fourth-order valence-electron chi connectivity index (χ4n) is 2.15. The molecule has 0 saturated heterocycles. The monoisotopic (exact) mass is 275 g/mol. The van der Waals surface area contributed by atoms with Gasteiger partial charge in [-0.15, -0.1) is 0 Å². The lowest BCUT2D eigenvalue weighted by Gasteiger charge is -2.07. The van der Waals surface area contributed by atoms with Crippen molar-refractivity contribution in [1.29, 1.82) is 0 Å². The summed E-state index contributed by atoms with van der Waals surface area (Å²) in [5.41, 5.74) is 5.57. The van der Waals surface area contributed by atoms with E-state index in [2.05, 4.69) is 27.9 Å². The molecule has 3 rings (SSSR count). The zero-order valence-electron chi connectivity index (χ0n) is 10.3. The van der Waals surface area contributed by atoms with E-state index in [0.29, 0.717) is 4.64 Å². The lowest BCUT2D eigenvalue weighted by Crippen LogP contribution is -2.00. The van der Waals surface area contributed by atoms with Crippen LogP contribution in [0.15, 0.2) is 12.3 Å². The first kappa shape index (κ1) is 11.9. The molecule has 5 heteroatoms. The van der Waals surface area contributed by atoms with Crippen molar-refractivity contribution in [2.75, 3.05) is 0 Å². The molecule has 1 N–H and O–H groups in total. The van der Waals surface area contributed by atoms with Gasteiger partial charge in [0.05, 0.1) is 0 Å². The van der Waals surface area contributed by atoms with Gasteiger partial charge in [-0.05, 0) is 25.0 Å². The highest BCUT2D eigenvalue weighted by atomic mass is 32.2. The lowest BCUT2D eigenvalue weighted by molar-refractivity contribution is 1.04. The summed E-state index contributed by atoms with van der Waals surface area (Å²) in [5.74, 6) is 2.75. The number of rotatable bonds is 1. The van der Waals surface area contributed by atoms with Crippen LogP contribution in [-0.4, -0.2) is 15.0 Å². The Bertz CT molecular complexity index is 676. The molecule has 0 amide bonds. The van der Waals surface area contributed by atoms with E-state index in [1.807, 2.05) is 24.9 Å². The minimum Gasteiger partial charge on any atom is -0.341 e. The third kappa shape index (κ3) is 1.97. The fraction of sp³-hybridized carbons (Fsp3) is 0.308. The number of H-pyrrole nitrogens is 1. The average molecular weight is 275 g/mol. The fourth-order valence-corrected chi connectivity index (χ4v) is 3.59. The maximum absolute atomic E-state index is 5.36. The van der Waals surface area contributed by atoms with Gasteiger partial charge < -0.3 is 4.98 Å². The van der Waals surface area contributed by atoms with Crippen LogP contribution in [-0.2, 0) is 11.5 Å². The molecular formula is C13H13N3S2. The summed E-state index contributed by atoms with van der Waals surface area (Å²) < 4.78 is 0.713. The molecule has 0 fully saturated rings. The number of pyridine rings is 1. The van der Waals surface area contributed by atoms with E-state index >= 15 is 0 Å². The molecule has 2 aromatic heterocycles. The SMILES string of the molecule is Cc1cnc(-c2nc(=S)c3c([nH]2)CSC3)c(C)c1. The molecule has 0 spiro atoms. The molecule has 3 heterocycles.